The van der Waals surface area contributed by atoms with Crippen LogP contribution in [-0.4, -0.2) is 27.2 Å². The molecule has 94 valence electrons. The highest BCUT2D eigenvalue weighted by atomic mass is 35.5. The van der Waals surface area contributed by atoms with Crippen molar-refractivity contribution in [3.05, 3.63) is 16.5 Å². The third-order valence-electron chi connectivity index (χ3n) is 3.16. The molecule has 1 aliphatic rings. The van der Waals surface area contributed by atoms with E-state index < -0.39 is 0 Å². The number of aliphatic hydroxyl groups excluding tert-OH is 1. The number of nitrogens with one attached hydrogen (secondary N) is 1. The Morgan fingerprint density at radius 1 is 1.41 bits per heavy atom. The lowest BCUT2D eigenvalue weighted by Gasteiger charge is -2.18. The van der Waals surface area contributed by atoms with E-state index in [4.69, 9.17) is 11.6 Å². The summed E-state index contributed by atoms with van der Waals surface area (Å²) in [4.78, 5) is 8.75. The first-order chi connectivity index (χ1) is 7.97. The maximum absolute atomic E-state index is 9.32. The molecule has 0 atom stereocenters. The molecule has 1 aromatic rings. The zero-order valence-corrected chi connectivity index (χ0v) is 11.2. The summed E-state index contributed by atoms with van der Waals surface area (Å²) in [6.07, 6.45) is 1.95. The zero-order valence-electron chi connectivity index (χ0n) is 10.4. The van der Waals surface area contributed by atoms with Crippen molar-refractivity contribution in [3.8, 4) is 0 Å². The molecule has 0 unspecified atom stereocenters. The Hall–Kier alpha value is -0.870. The standard InChI is InChI=1S/C12H18ClN3O/c1-7(2)10-14-9(13)8(3)11(15-10)16-12(6-17)4-5-12/h7,17H,4-6H2,1-3H3,(H,14,15,16). The van der Waals surface area contributed by atoms with Crippen LogP contribution in [0.2, 0.25) is 5.15 Å². The van der Waals surface area contributed by atoms with Crippen molar-refractivity contribution in [2.75, 3.05) is 11.9 Å². The van der Waals surface area contributed by atoms with E-state index in [9.17, 15) is 5.11 Å². The summed E-state index contributed by atoms with van der Waals surface area (Å²) < 4.78 is 0. The Morgan fingerprint density at radius 2 is 2.06 bits per heavy atom. The third kappa shape index (κ3) is 2.53. The van der Waals surface area contributed by atoms with E-state index >= 15 is 0 Å². The molecule has 0 saturated heterocycles. The predicted octanol–water partition coefficient (Wildman–Crippen LogP) is 2.50. The van der Waals surface area contributed by atoms with Crippen LogP contribution in [0.25, 0.3) is 0 Å². The quantitative estimate of drug-likeness (QED) is 0.812. The van der Waals surface area contributed by atoms with Crippen LogP contribution in [0, 0.1) is 6.92 Å². The van der Waals surface area contributed by atoms with Crippen LogP contribution in [0.4, 0.5) is 5.82 Å². The molecule has 4 nitrogen and oxygen atoms in total. The average Bonchev–Trinajstić information content (AvgIpc) is 3.05. The van der Waals surface area contributed by atoms with Gasteiger partial charge in [0.2, 0.25) is 0 Å². The molecule has 1 heterocycles. The minimum Gasteiger partial charge on any atom is -0.394 e. The Morgan fingerprint density at radius 3 is 2.53 bits per heavy atom. The van der Waals surface area contributed by atoms with Crippen molar-refractivity contribution < 1.29 is 5.11 Å². The van der Waals surface area contributed by atoms with Crippen molar-refractivity contribution in [2.24, 2.45) is 0 Å². The summed E-state index contributed by atoms with van der Waals surface area (Å²) in [5, 5.41) is 13.1. The van der Waals surface area contributed by atoms with Gasteiger partial charge in [-0.1, -0.05) is 25.4 Å². The summed E-state index contributed by atoms with van der Waals surface area (Å²) in [7, 11) is 0. The molecule has 0 spiro atoms. The number of rotatable bonds is 4. The van der Waals surface area contributed by atoms with Crippen molar-refractivity contribution in [1.29, 1.82) is 0 Å². The third-order valence-corrected chi connectivity index (χ3v) is 3.53. The van der Waals surface area contributed by atoms with Gasteiger partial charge in [0.05, 0.1) is 12.1 Å². The summed E-state index contributed by atoms with van der Waals surface area (Å²) in [5.74, 6) is 1.72. The molecule has 0 amide bonds. The molecule has 1 aromatic heterocycles. The van der Waals surface area contributed by atoms with E-state index in [1.54, 1.807) is 0 Å². The van der Waals surface area contributed by atoms with Crippen molar-refractivity contribution in [2.45, 2.75) is 45.1 Å². The average molecular weight is 256 g/mol. The minimum absolute atomic E-state index is 0.130. The monoisotopic (exact) mass is 255 g/mol. The SMILES string of the molecule is Cc1c(Cl)nc(C(C)C)nc1NC1(CO)CC1. The molecule has 5 heteroatoms. The fraction of sp³-hybridized carbons (Fsp3) is 0.667. The fourth-order valence-electron chi connectivity index (χ4n) is 1.61. The molecule has 2 N–H and O–H groups in total. The number of aliphatic hydroxyl groups is 1. The van der Waals surface area contributed by atoms with Crippen LogP contribution >= 0.6 is 11.6 Å². The predicted molar refractivity (Wildman–Crippen MR) is 68.5 cm³/mol. The first-order valence-corrected chi connectivity index (χ1v) is 6.28. The molecule has 0 aliphatic heterocycles. The highest BCUT2D eigenvalue weighted by Crippen LogP contribution is 2.39. The van der Waals surface area contributed by atoms with Crippen LogP contribution in [-0.2, 0) is 0 Å². The highest BCUT2D eigenvalue weighted by Gasteiger charge is 2.42. The number of halogens is 1. The molecule has 1 aliphatic carbocycles. The number of anilines is 1. The van der Waals surface area contributed by atoms with Crippen molar-refractivity contribution >= 4 is 17.4 Å². The van der Waals surface area contributed by atoms with E-state index in [0.29, 0.717) is 5.15 Å². The van der Waals surface area contributed by atoms with E-state index in [0.717, 1.165) is 30.0 Å². The van der Waals surface area contributed by atoms with Gasteiger partial charge in [-0.05, 0) is 19.8 Å². The molecular formula is C12H18ClN3O. The first-order valence-electron chi connectivity index (χ1n) is 5.90. The Balaban J connectivity index is 2.32. The zero-order chi connectivity index (χ0) is 12.6. The fourth-order valence-corrected chi connectivity index (χ4v) is 1.79. The Bertz CT molecular complexity index is 430. The second-order valence-electron chi connectivity index (χ2n) is 5.06. The summed E-state index contributed by atoms with van der Waals surface area (Å²) in [5.41, 5.74) is 0.659. The lowest BCUT2D eigenvalue weighted by atomic mass is 10.2. The molecule has 1 saturated carbocycles. The largest absolute Gasteiger partial charge is 0.394 e. The normalized spacial score (nSPS) is 17.3. The van der Waals surface area contributed by atoms with Gasteiger partial charge in [-0.15, -0.1) is 0 Å². The lowest BCUT2D eigenvalue weighted by molar-refractivity contribution is 0.266. The van der Waals surface area contributed by atoms with E-state index in [1.165, 1.54) is 0 Å². The second kappa shape index (κ2) is 4.42. The molecule has 17 heavy (non-hydrogen) atoms. The molecule has 0 radical (unpaired) electrons. The Labute approximate surface area is 106 Å². The van der Waals surface area contributed by atoms with Gasteiger partial charge >= 0.3 is 0 Å². The number of hydrogen-bond donors (Lipinski definition) is 2. The van der Waals surface area contributed by atoms with Gasteiger partial charge in [-0.2, -0.15) is 0 Å². The highest BCUT2D eigenvalue weighted by molar-refractivity contribution is 6.30. The Kier molecular flexibility index (Phi) is 3.27. The topological polar surface area (TPSA) is 58.0 Å². The number of aromatic nitrogens is 2. The van der Waals surface area contributed by atoms with Gasteiger partial charge in [0.25, 0.3) is 0 Å². The maximum atomic E-state index is 9.32. The first kappa shape index (κ1) is 12.6. The van der Waals surface area contributed by atoms with Crippen molar-refractivity contribution in [1.82, 2.24) is 9.97 Å². The van der Waals surface area contributed by atoms with Gasteiger partial charge < -0.3 is 10.4 Å². The van der Waals surface area contributed by atoms with Crippen LogP contribution < -0.4 is 5.32 Å². The molecule has 2 rings (SSSR count). The summed E-state index contributed by atoms with van der Waals surface area (Å²) >= 11 is 6.10. The van der Waals surface area contributed by atoms with E-state index in [1.807, 2.05) is 20.8 Å². The minimum atomic E-state index is -0.184. The van der Waals surface area contributed by atoms with Gasteiger partial charge in [0.15, 0.2) is 0 Å². The van der Waals surface area contributed by atoms with Crippen LogP contribution in [0.1, 0.15) is 44.0 Å². The van der Waals surface area contributed by atoms with E-state index in [2.05, 4.69) is 15.3 Å². The van der Waals surface area contributed by atoms with Crippen LogP contribution in [0.15, 0.2) is 0 Å². The molecular weight excluding hydrogens is 238 g/mol. The van der Waals surface area contributed by atoms with Crippen LogP contribution in [0.5, 0.6) is 0 Å². The second-order valence-corrected chi connectivity index (χ2v) is 5.42. The van der Waals surface area contributed by atoms with Crippen molar-refractivity contribution in [3.63, 3.8) is 0 Å². The molecule has 0 bridgehead atoms. The van der Waals surface area contributed by atoms with E-state index in [-0.39, 0.29) is 18.1 Å². The lowest BCUT2D eigenvalue weighted by Crippen LogP contribution is -2.27. The summed E-state index contributed by atoms with van der Waals surface area (Å²) in [6.45, 7) is 6.08. The smallest absolute Gasteiger partial charge is 0.137 e. The van der Waals surface area contributed by atoms with Gasteiger partial charge in [0, 0.05) is 11.5 Å². The summed E-state index contributed by atoms with van der Waals surface area (Å²) in [6, 6.07) is 0. The van der Waals surface area contributed by atoms with Gasteiger partial charge in [-0.25, -0.2) is 9.97 Å². The van der Waals surface area contributed by atoms with Gasteiger partial charge in [0.1, 0.15) is 16.8 Å². The number of nitrogens with zero attached hydrogens (tertiary/aromatic N) is 2. The molecule has 0 aromatic carbocycles. The molecule has 1 fully saturated rings. The van der Waals surface area contributed by atoms with Crippen LogP contribution in [0.3, 0.4) is 0 Å². The van der Waals surface area contributed by atoms with Gasteiger partial charge in [-0.3, -0.25) is 0 Å². The number of hydrogen-bond acceptors (Lipinski definition) is 4. The maximum Gasteiger partial charge on any atom is 0.137 e.